The summed E-state index contributed by atoms with van der Waals surface area (Å²) in [5.74, 6) is 1.89. The Labute approximate surface area is 124 Å². The summed E-state index contributed by atoms with van der Waals surface area (Å²) >= 11 is 3.48. The van der Waals surface area contributed by atoms with Crippen LogP contribution in [0.3, 0.4) is 0 Å². The van der Waals surface area contributed by atoms with Crippen molar-refractivity contribution in [3.05, 3.63) is 16.5 Å². The Hall–Kier alpha value is -0.640. The van der Waals surface area contributed by atoms with Gasteiger partial charge in [0.05, 0.1) is 0 Å². The number of anilines is 1. The van der Waals surface area contributed by atoms with Gasteiger partial charge in [0.15, 0.2) is 0 Å². The zero-order valence-electron chi connectivity index (χ0n) is 12.2. The van der Waals surface area contributed by atoms with Crippen molar-refractivity contribution in [2.45, 2.75) is 65.3 Å². The maximum atomic E-state index is 4.61. The molecule has 3 nitrogen and oxygen atoms in total. The van der Waals surface area contributed by atoms with E-state index in [1.54, 1.807) is 0 Å². The minimum Gasteiger partial charge on any atom is -0.367 e. The van der Waals surface area contributed by atoms with Gasteiger partial charge < -0.3 is 5.32 Å². The third kappa shape index (κ3) is 4.44. The Bertz CT molecular complexity index is 431. The third-order valence-corrected chi connectivity index (χ3v) is 4.18. The van der Waals surface area contributed by atoms with E-state index in [2.05, 4.69) is 52.0 Å². The van der Waals surface area contributed by atoms with Crippen molar-refractivity contribution in [1.82, 2.24) is 9.97 Å². The first-order valence-electron chi connectivity index (χ1n) is 7.28. The van der Waals surface area contributed by atoms with Gasteiger partial charge in [0.1, 0.15) is 16.2 Å². The number of hydrogen-bond acceptors (Lipinski definition) is 3. The molecule has 0 spiro atoms. The van der Waals surface area contributed by atoms with Crippen LogP contribution in [0, 0.1) is 5.41 Å². The molecule has 1 aromatic rings. The normalized spacial score (nSPS) is 22.2. The molecule has 1 N–H and O–H groups in total. The fraction of sp³-hybridized carbons (Fsp3) is 0.733. The second-order valence-corrected chi connectivity index (χ2v) is 7.16. The Kier molecular flexibility index (Phi) is 4.82. The number of nitrogens with zero attached hydrogens (tertiary/aromatic N) is 2. The van der Waals surface area contributed by atoms with Crippen molar-refractivity contribution >= 4 is 21.7 Å². The molecule has 1 aliphatic rings. The van der Waals surface area contributed by atoms with Crippen LogP contribution < -0.4 is 5.32 Å². The minimum absolute atomic E-state index is 0.451. The van der Waals surface area contributed by atoms with Crippen LogP contribution in [0.25, 0.3) is 0 Å². The molecule has 0 aromatic carbocycles. The number of aromatic nitrogens is 2. The molecule has 0 saturated heterocycles. The zero-order chi connectivity index (χ0) is 13.9. The lowest BCUT2D eigenvalue weighted by molar-refractivity contribution is 0.229. The molecular weight excluding hydrogens is 302 g/mol. The van der Waals surface area contributed by atoms with Gasteiger partial charge in [-0.05, 0) is 47.0 Å². The van der Waals surface area contributed by atoms with Crippen LogP contribution in [0.2, 0.25) is 0 Å². The van der Waals surface area contributed by atoms with E-state index in [9.17, 15) is 0 Å². The standard InChI is InChI=1S/C15H24BrN3/c1-4-6-13-18-12(16)9-14(19-13)17-11-7-5-8-15(2,3)10-11/h9,11H,4-8,10H2,1-3H3,(H,17,18,19). The van der Waals surface area contributed by atoms with Crippen molar-refractivity contribution in [1.29, 1.82) is 0 Å². The highest BCUT2D eigenvalue weighted by Crippen LogP contribution is 2.36. The quantitative estimate of drug-likeness (QED) is 0.824. The monoisotopic (exact) mass is 325 g/mol. The molecule has 1 heterocycles. The van der Waals surface area contributed by atoms with Gasteiger partial charge in [0.25, 0.3) is 0 Å². The molecule has 0 amide bonds. The van der Waals surface area contributed by atoms with E-state index in [-0.39, 0.29) is 0 Å². The zero-order valence-corrected chi connectivity index (χ0v) is 13.8. The fourth-order valence-electron chi connectivity index (χ4n) is 2.90. The first kappa shape index (κ1) is 14.8. The maximum absolute atomic E-state index is 4.61. The topological polar surface area (TPSA) is 37.8 Å². The van der Waals surface area contributed by atoms with Crippen LogP contribution in [0.4, 0.5) is 5.82 Å². The van der Waals surface area contributed by atoms with E-state index in [0.717, 1.165) is 29.1 Å². The smallest absolute Gasteiger partial charge is 0.132 e. The van der Waals surface area contributed by atoms with E-state index >= 15 is 0 Å². The average Bonchev–Trinajstić information content (AvgIpc) is 2.26. The molecule has 106 valence electrons. The van der Waals surface area contributed by atoms with E-state index in [1.165, 1.54) is 25.7 Å². The lowest BCUT2D eigenvalue weighted by Crippen LogP contribution is -2.32. The number of halogens is 1. The van der Waals surface area contributed by atoms with Crippen LogP contribution in [0.5, 0.6) is 0 Å². The molecule has 1 fully saturated rings. The molecule has 1 aliphatic carbocycles. The van der Waals surface area contributed by atoms with E-state index in [1.807, 2.05) is 6.07 Å². The van der Waals surface area contributed by atoms with E-state index < -0.39 is 0 Å². The van der Waals surface area contributed by atoms with Gasteiger partial charge >= 0.3 is 0 Å². The number of rotatable bonds is 4. The van der Waals surface area contributed by atoms with Crippen molar-refractivity contribution in [2.24, 2.45) is 5.41 Å². The second kappa shape index (κ2) is 6.21. The fourth-order valence-corrected chi connectivity index (χ4v) is 3.33. The summed E-state index contributed by atoms with van der Waals surface area (Å²) in [4.78, 5) is 9.02. The molecule has 4 heteroatoms. The van der Waals surface area contributed by atoms with Gasteiger partial charge in [-0.1, -0.05) is 27.2 Å². The van der Waals surface area contributed by atoms with Crippen LogP contribution in [0.1, 0.15) is 58.7 Å². The van der Waals surface area contributed by atoms with Gasteiger partial charge in [-0.25, -0.2) is 9.97 Å². The molecule has 2 rings (SSSR count). The van der Waals surface area contributed by atoms with Gasteiger partial charge in [-0.2, -0.15) is 0 Å². The summed E-state index contributed by atoms with van der Waals surface area (Å²) in [6.45, 7) is 6.87. The lowest BCUT2D eigenvalue weighted by Gasteiger charge is -2.35. The second-order valence-electron chi connectivity index (χ2n) is 6.34. The number of aryl methyl sites for hydroxylation is 1. The molecule has 1 aromatic heterocycles. The van der Waals surface area contributed by atoms with Crippen molar-refractivity contribution < 1.29 is 0 Å². The Morgan fingerprint density at radius 2 is 2.21 bits per heavy atom. The summed E-state index contributed by atoms with van der Waals surface area (Å²) < 4.78 is 0.878. The minimum atomic E-state index is 0.451. The first-order valence-corrected chi connectivity index (χ1v) is 8.08. The third-order valence-electron chi connectivity index (χ3n) is 3.77. The molecule has 1 unspecified atom stereocenters. The van der Waals surface area contributed by atoms with Crippen molar-refractivity contribution in [2.75, 3.05) is 5.32 Å². The molecule has 1 atom stereocenters. The molecule has 19 heavy (non-hydrogen) atoms. The maximum Gasteiger partial charge on any atom is 0.132 e. The highest BCUT2D eigenvalue weighted by atomic mass is 79.9. The number of hydrogen-bond donors (Lipinski definition) is 1. The summed E-state index contributed by atoms with van der Waals surface area (Å²) in [5, 5.41) is 3.59. The van der Waals surface area contributed by atoms with Crippen LogP contribution in [-0.4, -0.2) is 16.0 Å². The summed E-state index contributed by atoms with van der Waals surface area (Å²) in [6.07, 6.45) is 7.11. The van der Waals surface area contributed by atoms with E-state index in [4.69, 9.17) is 0 Å². The summed E-state index contributed by atoms with van der Waals surface area (Å²) in [7, 11) is 0. The average molecular weight is 326 g/mol. The van der Waals surface area contributed by atoms with Gasteiger partial charge in [-0.15, -0.1) is 0 Å². The summed E-state index contributed by atoms with van der Waals surface area (Å²) in [5.41, 5.74) is 0.451. The molecular formula is C15H24BrN3. The molecule has 0 aliphatic heterocycles. The van der Waals surface area contributed by atoms with Crippen molar-refractivity contribution in [3.63, 3.8) is 0 Å². The Morgan fingerprint density at radius 1 is 1.42 bits per heavy atom. The summed E-state index contributed by atoms with van der Waals surface area (Å²) in [6, 6.07) is 2.53. The van der Waals surface area contributed by atoms with Gasteiger partial charge in [0.2, 0.25) is 0 Å². The van der Waals surface area contributed by atoms with Crippen LogP contribution >= 0.6 is 15.9 Å². The lowest BCUT2D eigenvalue weighted by atomic mass is 9.75. The van der Waals surface area contributed by atoms with E-state index in [0.29, 0.717) is 11.5 Å². The number of nitrogens with one attached hydrogen (secondary N) is 1. The highest BCUT2D eigenvalue weighted by Gasteiger charge is 2.28. The van der Waals surface area contributed by atoms with Gasteiger partial charge in [-0.3, -0.25) is 0 Å². The van der Waals surface area contributed by atoms with Crippen LogP contribution in [-0.2, 0) is 6.42 Å². The molecule has 0 radical (unpaired) electrons. The first-order chi connectivity index (χ1) is 8.98. The predicted octanol–water partition coefficient (Wildman–Crippen LogP) is 4.57. The Balaban J connectivity index is 2.06. The highest BCUT2D eigenvalue weighted by molar-refractivity contribution is 9.10. The Morgan fingerprint density at radius 3 is 2.89 bits per heavy atom. The molecule has 1 saturated carbocycles. The molecule has 0 bridgehead atoms. The van der Waals surface area contributed by atoms with Crippen LogP contribution in [0.15, 0.2) is 10.7 Å². The predicted molar refractivity (Wildman–Crippen MR) is 83.4 cm³/mol. The largest absolute Gasteiger partial charge is 0.367 e. The van der Waals surface area contributed by atoms with Crippen molar-refractivity contribution in [3.8, 4) is 0 Å². The SMILES string of the molecule is CCCc1nc(Br)cc(NC2CCCC(C)(C)C2)n1. The van der Waals surface area contributed by atoms with Gasteiger partial charge in [0, 0.05) is 18.5 Å².